The molecular formula is C15H27N. The Morgan fingerprint density at radius 3 is 2.88 bits per heavy atom. The van der Waals surface area contributed by atoms with E-state index in [9.17, 15) is 0 Å². The minimum absolute atomic E-state index is 0.666. The van der Waals surface area contributed by atoms with Crippen molar-refractivity contribution in [2.24, 2.45) is 11.8 Å². The third kappa shape index (κ3) is 4.58. The summed E-state index contributed by atoms with van der Waals surface area (Å²) in [6, 6.07) is 0.666. The summed E-state index contributed by atoms with van der Waals surface area (Å²) >= 11 is 0. The van der Waals surface area contributed by atoms with Gasteiger partial charge in [-0.15, -0.1) is 12.3 Å². The van der Waals surface area contributed by atoms with E-state index in [0.29, 0.717) is 6.04 Å². The Bertz CT molecular complexity index is 216. The Labute approximate surface area is 101 Å². The molecule has 0 aliphatic heterocycles. The number of nitrogens with one attached hydrogen (secondary N) is 1. The van der Waals surface area contributed by atoms with Gasteiger partial charge in [-0.1, -0.05) is 26.7 Å². The lowest BCUT2D eigenvalue weighted by Gasteiger charge is -2.33. The Kier molecular flexibility index (Phi) is 6.57. The third-order valence-electron chi connectivity index (χ3n) is 3.80. The molecule has 0 saturated heterocycles. The first-order chi connectivity index (χ1) is 7.77. The summed E-state index contributed by atoms with van der Waals surface area (Å²) in [6.07, 6.45) is 14.3. The minimum atomic E-state index is 0.666. The summed E-state index contributed by atoms with van der Waals surface area (Å²) in [5, 5.41) is 3.70. The van der Waals surface area contributed by atoms with Crippen LogP contribution in [0.1, 0.15) is 58.8 Å². The van der Waals surface area contributed by atoms with Gasteiger partial charge in [0.05, 0.1) is 0 Å². The van der Waals surface area contributed by atoms with Crippen LogP contribution in [-0.4, -0.2) is 12.6 Å². The highest BCUT2D eigenvalue weighted by Crippen LogP contribution is 2.32. The van der Waals surface area contributed by atoms with Crippen molar-refractivity contribution < 1.29 is 0 Å². The van der Waals surface area contributed by atoms with Gasteiger partial charge in [-0.05, 0) is 44.1 Å². The van der Waals surface area contributed by atoms with Crippen molar-refractivity contribution in [3.63, 3.8) is 0 Å². The van der Waals surface area contributed by atoms with Crippen molar-refractivity contribution >= 4 is 0 Å². The van der Waals surface area contributed by atoms with Gasteiger partial charge in [-0.2, -0.15) is 0 Å². The number of terminal acetylenes is 1. The van der Waals surface area contributed by atoms with Crippen LogP contribution >= 0.6 is 0 Å². The van der Waals surface area contributed by atoms with E-state index in [-0.39, 0.29) is 0 Å². The van der Waals surface area contributed by atoms with Crippen molar-refractivity contribution in [2.75, 3.05) is 6.54 Å². The molecule has 0 spiro atoms. The molecule has 1 nitrogen and oxygen atoms in total. The van der Waals surface area contributed by atoms with Crippen LogP contribution in [0.15, 0.2) is 0 Å². The molecule has 92 valence electrons. The quantitative estimate of drug-likeness (QED) is 0.676. The second-order valence-electron chi connectivity index (χ2n) is 5.34. The van der Waals surface area contributed by atoms with Crippen LogP contribution in [-0.2, 0) is 0 Å². The fraction of sp³-hybridized carbons (Fsp3) is 0.867. The van der Waals surface area contributed by atoms with Gasteiger partial charge >= 0.3 is 0 Å². The van der Waals surface area contributed by atoms with Crippen LogP contribution < -0.4 is 5.32 Å². The topological polar surface area (TPSA) is 12.0 Å². The van der Waals surface area contributed by atoms with Crippen LogP contribution in [0.3, 0.4) is 0 Å². The maximum atomic E-state index is 5.38. The summed E-state index contributed by atoms with van der Waals surface area (Å²) in [6.45, 7) is 5.76. The highest BCUT2D eigenvalue weighted by Gasteiger charge is 2.25. The minimum Gasteiger partial charge on any atom is -0.314 e. The fourth-order valence-corrected chi connectivity index (χ4v) is 2.92. The molecule has 1 aliphatic carbocycles. The summed E-state index contributed by atoms with van der Waals surface area (Å²) in [5.41, 5.74) is 0. The van der Waals surface area contributed by atoms with Crippen LogP contribution in [0.5, 0.6) is 0 Å². The average Bonchev–Trinajstić information content (AvgIpc) is 2.29. The van der Waals surface area contributed by atoms with E-state index in [1.807, 2.05) is 0 Å². The largest absolute Gasteiger partial charge is 0.314 e. The molecule has 1 saturated carbocycles. The summed E-state index contributed by atoms with van der Waals surface area (Å²) in [5.74, 6) is 4.56. The van der Waals surface area contributed by atoms with E-state index in [1.165, 1.54) is 32.1 Å². The zero-order chi connectivity index (χ0) is 11.8. The maximum Gasteiger partial charge on any atom is 0.0104 e. The van der Waals surface area contributed by atoms with Crippen molar-refractivity contribution in [3.8, 4) is 12.3 Å². The first-order valence-electron chi connectivity index (χ1n) is 6.94. The van der Waals surface area contributed by atoms with Gasteiger partial charge in [-0.25, -0.2) is 0 Å². The van der Waals surface area contributed by atoms with Crippen molar-refractivity contribution in [1.82, 2.24) is 5.32 Å². The Morgan fingerprint density at radius 1 is 1.44 bits per heavy atom. The second kappa shape index (κ2) is 7.74. The molecule has 0 aromatic rings. The van der Waals surface area contributed by atoms with Crippen molar-refractivity contribution in [2.45, 2.75) is 64.8 Å². The Balaban J connectivity index is 2.42. The van der Waals surface area contributed by atoms with Crippen molar-refractivity contribution in [3.05, 3.63) is 0 Å². The zero-order valence-electron chi connectivity index (χ0n) is 11.0. The summed E-state index contributed by atoms with van der Waals surface area (Å²) in [4.78, 5) is 0. The van der Waals surface area contributed by atoms with Crippen LogP contribution in [0.25, 0.3) is 0 Å². The highest BCUT2D eigenvalue weighted by atomic mass is 14.9. The first-order valence-corrected chi connectivity index (χ1v) is 6.94. The smallest absolute Gasteiger partial charge is 0.0104 e. The SMILES string of the molecule is C#CCCC(NCCC)C1CCCC(C)C1. The van der Waals surface area contributed by atoms with E-state index in [4.69, 9.17) is 6.42 Å². The standard InChI is InChI=1S/C15H27N/c1-4-6-10-15(16-11-5-2)14-9-7-8-13(3)12-14/h1,13-16H,5-12H2,2-3H3. The lowest BCUT2D eigenvalue weighted by Crippen LogP contribution is -2.38. The molecule has 3 unspecified atom stereocenters. The van der Waals surface area contributed by atoms with Crippen LogP contribution in [0, 0.1) is 24.2 Å². The summed E-state index contributed by atoms with van der Waals surface area (Å²) in [7, 11) is 0. The van der Waals surface area contributed by atoms with E-state index < -0.39 is 0 Å². The van der Waals surface area contributed by atoms with E-state index in [1.54, 1.807) is 0 Å². The normalized spacial score (nSPS) is 27.3. The molecule has 16 heavy (non-hydrogen) atoms. The number of hydrogen-bond donors (Lipinski definition) is 1. The predicted octanol–water partition coefficient (Wildman–Crippen LogP) is 3.59. The van der Waals surface area contributed by atoms with E-state index in [2.05, 4.69) is 25.1 Å². The van der Waals surface area contributed by atoms with Crippen LogP contribution in [0.4, 0.5) is 0 Å². The fourth-order valence-electron chi connectivity index (χ4n) is 2.92. The predicted molar refractivity (Wildman–Crippen MR) is 71.3 cm³/mol. The molecule has 1 N–H and O–H groups in total. The van der Waals surface area contributed by atoms with Gasteiger partial charge < -0.3 is 5.32 Å². The van der Waals surface area contributed by atoms with Gasteiger partial charge in [0.25, 0.3) is 0 Å². The highest BCUT2D eigenvalue weighted by molar-refractivity contribution is 4.89. The molecule has 3 atom stereocenters. The summed E-state index contributed by atoms with van der Waals surface area (Å²) < 4.78 is 0. The molecule has 0 amide bonds. The lowest BCUT2D eigenvalue weighted by atomic mass is 9.77. The van der Waals surface area contributed by atoms with Gasteiger partial charge in [-0.3, -0.25) is 0 Å². The number of hydrogen-bond acceptors (Lipinski definition) is 1. The van der Waals surface area contributed by atoms with E-state index >= 15 is 0 Å². The molecular weight excluding hydrogens is 194 g/mol. The molecule has 0 heterocycles. The molecule has 1 heteroatoms. The van der Waals surface area contributed by atoms with Gasteiger partial charge in [0, 0.05) is 12.5 Å². The van der Waals surface area contributed by atoms with Gasteiger partial charge in [0.1, 0.15) is 0 Å². The Morgan fingerprint density at radius 2 is 2.25 bits per heavy atom. The Hall–Kier alpha value is -0.480. The second-order valence-corrected chi connectivity index (χ2v) is 5.34. The van der Waals surface area contributed by atoms with Gasteiger partial charge in [0.2, 0.25) is 0 Å². The molecule has 1 rings (SSSR count). The zero-order valence-corrected chi connectivity index (χ0v) is 11.0. The molecule has 1 fully saturated rings. The first kappa shape index (κ1) is 13.6. The maximum absolute atomic E-state index is 5.38. The molecule has 1 aliphatic rings. The van der Waals surface area contributed by atoms with Crippen molar-refractivity contribution in [1.29, 1.82) is 0 Å². The molecule has 0 radical (unpaired) electrons. The van der Waals surface area contributed by atoms with Gasteiger partial charge in [0.15, 0.2) is 0 Å². The third-order valence-corrected chi connectivity index (χ3v) is 3.80. The monoisotopic (exact) mass is 221 g/mol. The molecule has 0 bridgehead atoms. The van der Waals surface area contributed by atoms with Crippen LogP contribution in [0.2, 0.25) is 0 Å². The lowest BCUT2D eigenvalue weighted by molar-refractivity contribution is 0.216. The van der Waals surface area contributed by atoms with E-state index in [0.717, 1.165) is 31.2 Å². The number of rotatable bonds is 6. The molecule has 0 aromatic heterocycles. The molecule has 0 aromatic carbocycles. The average molecular weight is 221 g/mol.